The summed E-state index contributed by atoms with van der Waals surface area (Å²) < 4.78 is 34.7. The molecule has 0 aliphatic heterocycles. The third-order valence-electron chi connectivity index (χ3n) is 5.15. The highest BCUT2D eigenvalue weighted by molar-refractivity contribution is 7.90. The topological polar surface area (TPSA) is 141 Å². The monoisotopic (exact) mass is 526 g/mol. The largest absolute Gasteiger partial charge is 0.482 e. The molecule has 0 unspecified atom stereocenters. The van der Waals surface area contributed by atoms with E-state index in [1.54, 1.807) is 24.3 Å². The van der Waals surface area contributed by atoms with Crippen LogP contribution in [0.2, 0.25) is 0 Å². The van der Waals surface area contributed by atoms with Gasteiger partial charge in [0.15, 0.2) is 16.4 Å². The van der Waals surface area contributed by atoms with Crippen molar-refractivity contribution in [3.8, 4) is 5.75 Å². The minimum absolute atomic E-state index is 0.00502. The molecule has 11 nitrogen and oxygen atoms in total. The number of hydrogen-bond acceptors (Lipinski definition) is 10. The molecule has 0 bridgehead atoms. The highest BCUT2D eigenvalue weighted by Crippen LogP contribution is 2.30. The molecule has 3 aromatic carbocycles. The Morgan fingerprint density at radius 1 is 1.03 bits per heavy atom. The van der Waals surface area contributed by atoms with Crippen molar-refractivity contribution in [3.05, 3.63) is 82.9 Å². The number of esters is 1. The van der Waals surface area contributed by atoms with E-state index in [9.17, 15) is 23.3 Å². The SMILES string of the molecule is CCN(CCOC(=O)COc1ccccc1)c1ccc(N=Nc2ccc([N+](=O)[O-])cc2S(C)(=O)=O)cc1. The first-order chi connectivity index (χ1) is 17.7. The predicted molar refractivity (Wildman–Crippen MR) is 138 cm³/mol. The Morgan fingerprint density at radius 2 is 1.73 bits per heavy atom. The van der Waals surface area contributed by atoms with Crippen molar-refractivity contribution >= 4 is 38.6 Å². The van der Waals surface area contributed by atoms with Crippen molar-refractivity contribution in [2.45, 2.75) is 11.8 Å². The Morgan fingerprint density at radius 3 is 2.35 bits per heavy atom. The second-order valence-corrected chi connectivity index (χ2v) is 9.78. The van der Waals surface area contributed by atoms with Crippen molar-refractivity contribution in [1.82, 2.24) is 0 Å². The number of nitro groups is 1. The molecule has 0 saturated carbocycles. The molecular formula is C25H26N4O7S. The maximum absolute atomic E-state index is 12.1. The van der Waals surface area contributed by atoms with Crippen LogP contribution in [-0.4, -0.2) is 51.9 Å². The number of sulfone groups is 1. The van der Waals surface area contributed by atoms with Gasteiger partial charge in [-0.3, -0.25) is 10.1 Å². The lowest BCUT2D eigenvalue weighted by Crippen LogP contribution is -2.28. The van der Waals surface area contributed by atoms with Crippen LogP contribution in [0.3, 0.4) is 0 Å². The number of azo groups is 1. The van der Waals surface area contributed by atoms with Crippen LogP contribution < -0.4 is 9.64 Å². The Hall–Kier alpha value is -4.32. The summed E-state index contributed by atoms with van der Waals surface area (Å²) in [5, 5.41) is 19.0. The van der Waals surface area contributed by atoms with E-state index in [-0.39, 0.29) is 29.5 Å². The Labute approximate surface area is 214 Å². The number of likely N-dealkylation sites (N-methyl/N-ethyl adjacent to an activating group) is 1. The molecule has 0 saturated heterocycles. The summed E-state index contributed by atoms with van der Waals surface area (Å²) in [4.78, 5) is 24.0. The lowest BCUT2D eigenvalue weighted by molar-refractivity contribution is -0.385. The molecule has 0 radical (unpaired) electrons. The smallest absolute Gasteiger partial charge is 0.344 e. The second kappa shape index (κ2) is 12.6. The first kappa shape index (κ1) is 27.3. The standard InChI is InChI=1S/C25H26N4O7S/c1-3-28(15-16-35-25(30)18-36-22-7-5-4-6-8-22)20-11-9-19(10-12-20)26-27-23-14-13-21(29(31)32)17-24(23)37(2,33)34/h4-14,17H,3,15-16,18H2,1-2H3. The predicted octanol–water partition coefficient (Wildman–Crippen LogP) is 4.86. The van der Waals surface area contributed by atoms with E-state index in [1.165, 1.54) is 12.1 Å². The fourth-order valence-corrected chi connectivity index (χ4v) is 4.10. The van der Waals surface area contributed by atoms with E-state index in [1.807, 2.05) is 42.2 Å². The van der Waals surface area contributed by atoms with Crippen molar-refractivity contribution in [2.75, 3.05) is 37.5 Å². The summed E-state index contributed by atoms with van der Waals surface area (Å²) >= 11 is 0. The minimum atomic E-state index is -3.76. The van der Waals surface area contributed by atoms with E-state index < -0.39 is 20.7 Å². The second-order valence-electron chi connectivity index (χ2n) is 7.80. The van der Waals surface area contributed by atoms with Crippen LogP contribution in [0.4, 0.5) is 22.7 Å². The van der Waals surface area contributed by atoms with Gasteiger partial charge in [0.2, 0.25) is 0 Å². The third-order valence-corrected chi connectivity index (χ3v) is 6.27. The number of para-hydroxylation sites is 1. The molecule has 0 heterocycles. The van der Waals surface area contributed by atoms with E-state index in [0.717, 1.165) is 18.0 Å². The summed E-state index contributed by atoms with van der Waals surface area (Å²) in [6.45, 7) is 3.11. The molecule has 0 aliphatic carbocycles. The number of benzene rings is 3. The molecule has 3 aromatic rings. The lowest BCUT2D eigenvalue weighted by atomic mass is 10.2. The number of rotatable bonds is 12. The minimum Gasteiger partial charge on any atom is -0.482 e. The molecule has 37 heavy (non-hydrogen) atoms. The van der Waals surface area contributed by atoms with E-state index in [4.69, 9.17) is 9.47 Å². The molecule has 194 valence electrons. The number of carbonyl (C=O) groups excluding carboxylic acids is 1. The summed E-state index contributed by atoms with van der Waals surface area (Å²) in [5.41, 5.74) is 0.982. The summed E-state index contributed by atoms with van der Waals surface area (Å²) in [5.74, 6) is 0.128. The number of nitro benzene ring substituents is 1. The van der Waals surface area contributed by atoms with Crippen LogP contribution in [0.25, 0.3) is 0 Å². The zero-order chi connectivity index (χ0) is 26.8. The van der Waals surface area contributed by atoms with Crippen molar-refractivity contribution in [3.63, 3.8) is 0 Å². The average Bonchev–Trinajstić information content (AvgIpc) is 2.89. The summed E-state index contributed by atoms with van der Waals surface area (Å²) in [6, 6.07) is 19.4. The summed E-state index contributed by atoms with van der Waals surface area (Å²) in [7, 11) is -3.76. The summed E-state index contributed by atoms with van der Waals surface area (Å²) in [6.07, 6.45) is 0.951. The van der Waals surface area contributed by atoms with Gasteiger partial charge in [-0.15, -0.1) is 5.11 Å². The third kappa shape index (κ3) is 8.10. The number of nitrogens with zero attached hydrogens (tertiary/aromatic N) is 4. The van der Waals surface area contributed by atoms with Gasteiger partial charge in [-0.2, -0.15) is 5.11 Å². The Kier molecular flexibility index (Phi) is 9.27. The van der Waals surface area contributed by atoms with Crippen molar-refractivity contribution < 1.29 is 27.6 Å². The van der Waals surface area contributed by atoms with Crippen LogP contribution in [0.15, 0.2) is 87.9 Å². The molecule has 0 spiro atoms. The zero-order valence-electron chi connectivity index (χ0n) is 20.3. The fraction of sp³-hybridized carbons (Fsp3) is 0.240. The van der Waals surface area contributed by atoms with Crippen LogP contribution >= 0.6 is 0 Å². The number of anilines is 1. The number of carbonyl (C=O) groups is 1. The van der Waals surface area contributed by atoms with Crippen LogP contribution in [0.5, 0.6) is 5.75 Å². The van der Waals surface area contributed by atoms with Gasteiger partial charge in [-0.1, -0.05) is 18.2 Å². The average molecular weight is 527 g/mol. The quantitative estimate of drug-likeness (QED) is 0.141. The van der Waals surface area contributed by atoms with Crippen molar-refractivity contribution in [2.24, 2.45) is 10.2 Å². The van der Waals surface area contributed by atoms with Gasteiger partial charge < -0.3 is 14.4 Å². The van der Waals surface area contributed by atoms with Crippen LogP contribution in [0.1, 0.15) is 6.92 Å². The number of hydrogen-bond donors (Lipinski definition) is 0. The Balaban J connectivity index is 1.58. The molecular weight excluding hydrogens is 500 g/mol. The first-order valence-corrected chi connectivity index (χ1v) is 13.1. The van der Waals surface area contributed by atoms with E-state index in [2.05, 4.69) is 10.2 Å². The normalized spacial score (nSPS) is 11.3. The van der Waals surface area contributed by atoms with Gasteiger partial charge in [-0.25, -0.2) is 13.2 Å². The maximum atomic E-state index is 12.1. The fourth-order valence-electron chi connectivity index (χ4n) is 3.28. The number of non-ortho nitro benzene ring substituents is 1. The number of ether oxygens (including phenoxy) is 2. The zero-order valence-corrected chi connectivity index (χ0v) is 21.1. The van der Waals surface area contributed by atoms with Gasteiger partial charge in [0.25, 0.3) is 5.69 Å². The van der Waals surface area contributed by atoms with Gasteiger partial charge in [0.05, 0.1) is 17.2 Å². The molecule has 0 fully saturated rings. The molecule has 0 aliphatic rings. The molecule has 0 atom stereocenters. The maximum Gasteiger partial charge on any atom is 0.344 e. The van der Waals surface area contributed by atoms with E-state index >= 15 is 0 Å². The molecule has 3 rings (SSSR count). The molecule has 0 aromatic heterocycles. The van der Waals surface area contributed by atoms with E-state index in [0.29, 0.717) is 24.5 Å². The van der Waals surface area contributed by atoms with Gasteiger partial charge in [-0.05, 0) is 49.4 Å². The van der Waals surface area contributed by atoms with Crippen LogP contribution in [0, 0.1) is 10.1 Å². The van der Waals surface area contributed by atoms with Gasteiger partial charge >= 0.3 is 5.97 Å². The van der Waals surface area contributed by atoms with Crippen LogP contribution in [-0.2, 0) is 19.4 Å². The van der Waals surface area contributed by atoms with Crippen molar-refractivity contribution in [1.29, 1.82) is 0 Å². The van der Waals surface area contributed by atoms with Gasteiger partial charge in [0.1, 0.15) is 22.9 Å². The highest BCUT2D eigenvalue weighted by Gasteiger charge is 2.18. The Bertz CT molecular complexity index is 1360. The molecule has 12 heteroatoms. The highest BCUT2D eigenvalue weighted by atomic mass is 32.2. The molecule has 0 N–H and O–H groups in total. The molecule has 0 amide bonds. The lowest BCUT2D eigenvalue weighted by Gasteiger charge is -2.23. The van der Waals surface area contributed by atoms with Gasteiger partial charge in [0, 0.05) is 30.6 Å². The first-order valence-electron chi connectivity index (χ1n) is 11.3.